The van der Waals surface area contributed by atoms with Crippen LogP contribution in [0.3, 0.4) is 0 Å². The summed E-state index contributed by atoms with van der Waals surface area (Å²) in [6.07, 6.45) is 0.403. The summed E-state index contributed by atoms with van der Waals surface area (Å²) in [7, 11) is 0. The summed E-state index contributed by atoms with van der Waals surface area (Å²) in [6, 6.07) is 5.84. The molecule has 0 fully saturated rings. The van der Waals surface area contributed by atoms with Gasteiger partial charge in [-0.1, -0.05) is 19.9 Å². The normalized spacial score (nSPS) is 7.21. The van der Waals surface area contributed by atoms with Gasteiger partial charge in [-0.3, -0.25) is 10.2 Å². The molecule has 5 heteroatoms. The number of nitrogens with two attached hydrogens (primary N) is 1. The van der Waals surface area contributed by atoms with Gasteiger partial charge in [0.25, 0.3) is 0 Å². The van der Waals surface area contributed by atoms with Gasteiger partial charge in [-0.05, 0) is 35.0 Å². The van der Waals surface area contributed by atoms with Crippen molar-refractivity contribution in [2.75, 3.05) is 0 Å². The molecule has 0 saturated carbocycles. The quantitative estimate of drug-likeness (QED) is 0.266. The monoisotopic (exact) mass is 261 g/mol. The first kappa shape index (κ1) is 15.5. The Kier molecular flexibility index (Phi) is 13.4. The lowest BCUT2D eigenvalue weighted by Crippen LogP contribution is -2.18. The number of aryl methyl sites for hydroxylation is 1. The molecule has 0 saturated heterocycles. The van der Waals surface area contributed by atoms with E-state index in [-0.39, 0.29) is 0 Å². The summed E-state index contributed by atoms with van der Waals surface area (Å²) in [5.41, 5.74) is 2.79. The number of nitrogens with one attached hydrogen (secondary N) is 1. The number of hydrogen-bond acceptors (Lipinski definition) is 3. The second-order valence-corrected chi connectivity index (χ2v) is 2.70. The molecule has 0 aliphatic rings. The minimum atomic E-state index is 0.403. The number of rotatable bonds is 1. The first-order chi connectivity index (χ1) is 6.70. The van der Waals surface area contributed by atoms with Crippen LogP contribution in [0.1, 0.15) is 19.5 Å². The van der Waals surface area contributed by atoms with Crippen LogP contribution in [0, 0.1) is 6.92 Å². The van der Waals surface area contributed by atoms with E-state index in [0.717, 1.165) is 10.3 Å². The molecule has 1 aromatic heterocycles. The fraction of sp³-hybridized carbons (Fsp3) is 0.333. The summed E-state index contributed by atoms with van der Waals surface area (Å²) in [5, 5.41) is 0. The van der Waals surface area contributed by atoms with E-state index in [0.29, 0.717) is 6.41 Å². The van der Waals surface area contributed by atoms with Crippen molar-refractivity contribution in [2.24, 2.45) is 5.84 Å². The van der Waals surface area contributed by atoms with Gasteiger partial charge in [0.2, 0.25) is 6.41 Å². The van der Waals surface area contributed by atoms with Crippen molar-refractivity contribution in [3.63, 3.8) is 0 Å². The van der Waals surface area contributed by atoms with Crippen molar-refractivity contribution in [3.8, 4) is 0 Å². The molecule has 0 bridgehead atoms. The fourth-order valence-corrected chi connectivity index (χ4v) is 0.942. The highest BCUT2D eigenvalue weighted by Crippen LogP contribution is 2.04. The van der Waals surface area contributed by atoms with Crippen molar-refractivity contribution in [1.82, 2.24) is 10.4 Å². The Morgan fingerprint density at radius 3 is 2.21 bits per heavy atom. The van der Waals surface area contributed by atoms with Gasteiger partial charge in [-0.15, -0.1) is 0 Å². The highest BCUT2D eigenvalue weighted by atomic mass is 79.9. The lowest BCUT2D eigenvalue weighted by atomic mass is 10.4. The largest absolute Gasteiger partial charge is 0.297 e. The smallest absolute Gasteiger partial charge is 0.221 e. The average molecular weight is 262 g/mol. The van der Waals surface area contributed by atoms with E-state index in [4.69, 9.17) is 4.79 Å². The van der Waals surface area contributed by atoms with Gasteiger partial charge >= 0.3 is 0 Å². The topological polar surface area (TPSA) is 68.0 Å². The molecule has 0 spiro atoms. The summed E-state index contributed by atoms with van der Waals surface area (Å²) < 4.78 is 0.900. The van der Waals surface area contributed by atoms with E-state index >= 15 is 0 Å². The van der Waals surface area contributed by atoms with E-state index in [1.807, 2.05) is 39.0 Å². The van der Waals surface area contributed by atoms with Crippen LogP contribution < -0.4 is 11.3 Å². The molecule has 0 aromatic carbocycles. The number of pyridine rings is 1. The van der Waals surface area contributed by atoms with Crippen LogP contribution in [-0.4, -0.2) is 11.4 Å². The number of halogens is 1. The second kappa shape index (κ2) is 12.1. The summed E-state index contributed by atoms with van der Waals surface area (Å²) in [5.74, 6) is 4.41. The van der Waals surface area contributed by atoms with Gasteiger partial charge in [0.05, 0.1) is 0 Å². The van der Waals surface area contributed by atoms with Gasteiger partial charge in [0, 0.05) is 5.69 Å². The lowest BCUT2D eigenvalue weighted by Gasteiger charge is -1.88. The van der Waals surface area contributed by atoms with Crippen LogP contribution in [-0.2, 0) is 4.79 Å². The standard InChI is InChI=1S/C6H6BrN.C2H6.CH4N2O/c1-5-3-2-4-6(7)8-5;1-2;2-3-1-4/h2-4H,1H3;1-2H3;1H,2H2,(H,3,4). The van der Waals surface area contributed by atoms with Crippen molar-refractivity contribution in [1.29, 1.82) is 0 Å². The number of hydrogen-bond donors (Lipinski definition) is 2. The van der Waals surface area contributed by atoms with Crippen LogP contribution in [0.5, 0.6) is 0 Å². The first-order valence-electron chi connectivity index (χ1n) is 4.19. The zero-order chi connectivity index (χ0) is 11.4. The molecular weight excluding hydrogens is 246 g/mol. The van der Waals surface area contributed by atoms with Crippen LogP contribution in [0.2, 0.25) is 0 Å². The van der Waals surface area contributed by atoms with Crippen LogP contribution >= 0.6 is 15.9 Å². The number of carbonyl (C=O) groups is 1. The number of aromatic nitrogens is 1. The van der Waals surface area contributed by atoms with Gasteiger partial charge in [0.1, 0.15) is 4.60 Å². The lowest BCUT2D eigenvalue weighted by molar-refractivity contribution is -0.109. The third-order valence-electron chi connectivity index (χ3n) is 0.922. The number of carbonyl (C=O) groups excluding carboxylic acids is 1. The van der Waals surface area contributed by atoms with Gasteiger partial charge in [-0.25, -0.2) is 10.8 Å². The average Bonchev–Trinajstić information content (AvgIpc) is 2.21. The molecule has 1 amide bonds. The predicted octanol–water partition coefficient (Wildman–Crippen LogP) is 1.78. The third kappa shape index (κ3) is 11.1. The Labute approximate surface area is 93.0 Å². The molecule has 0 atom stereocenters. The highest BCUT2D eigenvalue weighted by Gasteiger charge is 1.83. The molecule has 3 N–H and O–H groups in total. The van der Waals surface area contributed by atoms with Crippen LogP contribution in [0.4, 0.5) is 0 Å². The van der Waals surface area contributed by atoms with Crippen molar-refractivity contribution >= 4 is 22.3 Å². The van der Waals surface area contributed by atoms with E-state index in [1.165, 1.54) is 0 Å². The minimum Gasteiger partial charge on any atom is -0.297 e. The molecule has 80 valence electrons. The van der Waals surface area contributed by atoms with E-state index in [1.54, 1.807) is 5.43 Å². The highest BCUT2D eigenvalue weighted by molar-refractivity contribution is 9.10. The van der Waals surface area contributed by atoms with E-state index < -0.39 is 0 Å². The van der Waals surface area contributed by atoms with Gasteiger partial charge < -0.3 is 0 Å². The molecule has 0 aliphatic carbocycles. The second-order valence-electron chi connectivity index (χ2n) is 1.89. The fourth-order valence-electron chi connectivity index (χ4n) is 0.510. The molecule has 0 aliphatic heterocycles. The summed E-state index contributed by atoms with van der Waals surface area (Å²) in [6.45, 7) is 5.96. The Hall–Kier alpha value is -0.940. The molecule has 0 unspecified atom stereocenters. The van der Waals surface area contributed by atoms with Crippen molar-refractivity contribution in [2.45, 2.75) is 20.8 Å². The summed E-state index contributed by atoms with van der Waals surface area (Å²) in [4.78, 5) is 13.0. The number of nitrogens with zero attached hydrogens (tertiary/aromatic N) is 1. The number of hydrazine groups is 1. The Bertz CT molecular complexity index is 226. The van der Waals surface area contributed by atoms with Crippen LogP contribution in [0.25, 0.3) is 0 Å². The number of amides is 1. The maximum Gasteiger partial charge on any atom is 0.221 e. The summed E-state index contributed by atoms with van der Waals surface area (Å²) >= 11 is 3.25. The Morgan fingerprint density at radius 1 is 1.50 bits per heavy atom. The molecule has 1 aromatic rings. The SMILES string of the molecule is CC.Cc1cccc(Br)n1.NNC=O. The maximum atomic E-state index is 8.94. The maximum absolute atomic E-state index is 8.94. The van der Waals surface area contributed by atoms with Gasteiger partial charge in [-0.2, -0.15) is 0 Å². The molecular formula is C9H16BrN3O. The zero-order valence-corrected chi connectivity index (χ0v) is 10.2. The molecule has 0 radical (unpaired) electrons. The first-order valence-corrected chi connectivity index (χ1v) is 4.99. The van der Waals surface area contributed by atoms with E-state index in [2.05, 4.69) is 26.8 Å². The van der Waals surface area contributed by atoms with Crippen molar-refractivity contribution in [3.05, 3.63) is 28.5 Å². The molecule has 1 heterocycles. The van der Waals surface area contributed by atoms with Gasteiger partial charge in [0.15, 0.2) is 0 Å². The van der Waals surface area contributed by atoms with Crippen molar-refractivity contribution < 1.29 is 4.79 Å². The predicted molar refractivity (Wildman–Crippen MR) is 61.4 cm³/mol. The molecule has 14 heavy (non-hydrogen) atoms. The molecule has 1 rings (SSSR count). The van der Waals surface area contributed by atoms with Crippen LogP contribution in [0.15, 0.2) is 22.8 Å². The molecule has 4 nitrogen and oxygen atoms in total. The Morgan fingerprint density at radius 2 is 2.00 bits per heavy atom. The van der Waals surface area contributed by atoms with E-state index in [9.17, 15) is 0 Å². The minimum absolute atomic E-state index is 0.403. The zero-order valence-electron chi connectivity index (χ0n) is 8.62. The third-order valence-corrected chi connectivity index (χ3v) is 1.36. The Balaban J connectivity index is 0.